The number of methoxy groups -OCH3 is 1. The van der Waals surface area contributed by atoms with Crippen molar-refractivity contribution >= 4 is 27.6 Å². The lowest BCUT2D eigenvalue weighted by Gasteiger charge is -2.32. The summed E-state index contributed by atoms with van der Waals surface area (Å²) in [4.78, 5) is 12.5. The molecule has 2 aromatic carbocycles. The van der Waals surface area contributed by atoms with Gasteiger partial charge in [-0.25, -0.2) is 4.79 Å². The third-order valence-corrected chi connectivity index (χ3v) is 4.01. The van der Waals surface area contributed by atoms with E-state index >= 15 is 0 Å². The first-order valence-corrected chi connectivity index (χ1v) is 7.59. The molecule has 0 aliphatic heterocycles. The molecule has 0 aromatic heterocycles. The van der Waals surface area contributed by atoms with E-state index in [0.29, 0.717) is 6.42 Å². The van der Waals surface area contributed by atoms with Gasteiger partial charge in [0.2, 0.25) is 0 Å². The zero-order chi connectivity index (χ0) is 15.3. The lowest BCUT2D eigenvalue weighted by Crippen LogP contribution is -2.43. The number of carbonyl (C=O) groups excluding carboxylic acids is 1. The summed E-state index contributed by atoms with van der Waals surface area (Å²) in [6.07, 6.45) is 0.574. The minimum absolute atomic E-state index is 0.299. The van der Waals surface area contributed by atoms with Crippen molar-refractivity contribution < 1.29 is 9.53 Å². The Kier molecular flexibility index (Phi) is 5.02. The van der Waals surface area contributed by atoms with Crippen LogP contribution in [0.1, 0.15) is 18.9 Å². The Morgan fingerprint density at radius 3 is 2.48 bits per heavy atom. The van der Waals surface area contributed by atoms with Gasteiger partial charge >= 0.3 is 5.97 Å². The van der Waals surface area contributed by atoms with Gasteiger partial charge in [0.15, 0.2) is 5.54 Å². The fourth-order valence-electron chi connectivity index (χ4n) is 2.37. The van der Waals surface area contributed by atoms with E-state index in [1.807, 2.05) is 61.5 Å². The maximum absolute atomic E-state index is 12.5. The smallest absolute Gasteiger partial charge is 0.336 e. The molecule has 0 aliphatic rings. The number of rotatable bonds is 5. The average molecular weight is 348 g/mol. The standard InChI is InChI=1S/C17H18BrNO2/c1-3-17(16(20)21-2,13-8-7-9-14(18)12-13)19-15-10-5-4-6-11-15/h4-12,19H,3H2,1-2H3. The summed E-state index contributed by atoms with van der Waals surface area (Å²) in [5.74, 6) is -0.299. The number of carbonyl (C=O) groups is 1. The fourth-order valence-corrected chi connectivity index (χ4v) is 2.77. The molecule has 1 unspecified atom stereocenters. The number of para-hydroxylation sites is 1. The Labute approximate surface area is 133 Å². The van der Waals surface area contributed by atoms with E-state index in [0.717, 1.165) is 15.7 Å². The van der Waals surface area contributed by atoms with E-state index < -0.39 is 5.54 Å². The molecule has 0 saturated heterocycles. The molecule has 110 valence electrons. The molecular formula is C17H18BrNO2. The number of ether oxygens (including phenoxy) is 1. The normalized spacial score (nSPS) is 13.3. The average Bonchev–Trinajstić information content (AvgIpc) is 2.53. The van der Waals surface area contributed by atoms with Crippen molar-refractivity contribution in [3.05, 3.63) is 64.6 Å². The molecule has 2 rings (SSSR count). The lowest BCUT2D eigenvalue weighted by atomic mass is 9.86. The highest BCUT2D eigenvalue weighted by Crippen LogP contribution is 2.32. The lowest BCUT2D eigenvalue weighted by molar-refractivity contribution is -0.146. The molecule has 0 heterocycles. The molecule has 1 atom stereocenters. The van der Waals surface area contributed by atoms with Crippen LogP contribution in [-0.4, -0.2) is 13.1 Å². The summed E-state index contributed by atoms with van der Waals surface area (Å²) in [6, 6.07) is 17.4. The Bertz CT molecular complexity index is 615. The first-order valence-electron chi connectivity index (χ1n) is 6.80. The van der Waals surface area contributed by atoms with Crippen molar-refractivity contribution in [1.29, 1.82) is 0 Å². The molecule has 1 N–H and O–H groups in total. The third kappa shape index (κ3) is 3.27. The number of benzene rings is 2. The van der Waals surface area contributed by atoms with Crippen LogP contribution >= 0.6 is 15.9 Å². The quantitative estimate of drug-likeness (QED) is 0.817. The second kappa shape index (κ2) is 6.76. The third-order valence-electron chi connectivity index (χ3n) is 3.51. The van der Waals surface area contributed by atoms with Crippen LogP contribution in [0.4, 0.5) is 5.69 Å². The Hall–Kier alpha value is -1.81. The highest BCUT2D eigenvalue weighted by Gasteiger charge is 2.40. The second-order valence-electron chi connectivity index (χ2n) is 4.75. The Morgan fingerprint density at radius 1 is 1.19 bits per heavy atom. The van der Waals surface area contributed by atoms with Crippen molar-refractivity contribution in [2.75, 3.05) is 12.4 Å². The highest BCUT2D eigenvalue weighted by molar-refractivity contribution is 9.10. The Morgan fingerprint density at radius 2 is 1.90 bits per heavy atom. The molecular weight excluding hydrogens is 330 g/mol. The van der Waals surface area contributed by atoms with Crippen LogP contribution in [-0.2, 0) is 15.1 Å². The maximum Gasteiger partial charge on any atom is 0.336 e. The van der Waals surface area contributed by atoms with E-state index in [4.69, 9.17) is 4.74 Å². The van der Waals surface area contributed by atoms with E-state index in [9.17, 15) is 4.79 Å². The molecule has 0 fully saturated rings. The van der Waals surface area contributed by atoms with Gasteiger partial charge in [-0.1, -0.05) is 53.2 Å². The van der Waals surface area contributed by atoms with Crippen molar-refractivity contribution in [2.45, 2.75) is 18.9 Å². The van der Waals surface area contributed by atoms with Crippen LogP contribution in [0.5, 0.6) is 0 Å². The van der Waals surface area contributed by atoms with Gasteiger partial charge in [-0.15, -0.1) is 0 Å². The Balaban J connectivity index is 2.50. The van der Waals surface area contributed by atoms with Crippen LogP contribution in [0.3, 0.4) is 0 Å². The van der Waals surface area contributed by atoms with Gasteiger partial charge in [-0.05, 0) is 36.2 Å². The van der Waals surface area contributed by atoms with Gasteiger partial charge in [0.25, 0.3) is 0 Å². The molecule has 21 heavy (non-hydrogen) atoms. The van der Waals surface area contributed by atoms with Crippen molar-refractivity contribution in [2.24, 2.45) is 0 Å². The SMILES string of the molecule is CCC(Nc1ccccc1)(C(=O)OC)c1cccc(Br)c1. The highest BCUT2D eigenvalue weighted by atomic mass is 79.9. The minimum Gasteiger partial charge on any atom is -0.467 e. The molecule has 0 aliphatic carbocycles. The predicted octanol–water partition coefficient (Wildman–Crippen LogP) is 4.34. The van der Waals surface area contributed by atoms with Crippen LogP contribution in [0.25, 0.3) is 0 Å². The maximum atomic E-state index is 12.5. The summed E-state index contributed by atoms with van der Waals surface area (Å²) in [6.45, 7) is 1.97. The van der Waals surface area contributed by atoms with Gasteiger partial charge in [-0.2, -0.15) is 0 Å². The summed E-state index contributed by atoms with van der Waals surface area (Å²) in [5, 5.41) is 3.34. The minimum atomic E-state index is -0.903. The number of nitrogens with one attached hydrogen (secondary N) is 1. The molecule has 0 spiro atoms. The van der Waals surface area contributed by atoms with Crippen molar-refractivity contribution in [1.82, 2.24) is 0 Å². The van der Waals surface area contributed by atoms with Crippen molar-refractivity contribution in [3.8, 4) is 0 Å². The summed E-state index contributed by atoms with van der Waals surface area (Å²) < 4.78 is 5.98. The van der Waals surface area contributed by atoms with Crippen molar-refractivity contribution in [3.63, 3.8) is 0 Å². The van der Waals surface area contributed by atoms with Crippen LogP contribution in [0, 0.1) is 0 Å². The van der Waals surface area contributed by atoms with Gasteiger partial charge in [0.1, 0.15) is 0 Å². The molecule has 0 amide bonds. The van der Waals surface area contributed by atoms with Gasteiger partial charge < -0.3 is 10.1 Å². The number of hydrogen-bond acceptors (Lipinski definition) is 3. The summed E-state index contributed by atoms with van der Waals surface area (Å²) >= 11 is 3.46. The molecule has 0 radical (unpaired) electrons. The molecule has 4 heteroatoms. The number of anilines is 1. The first kappa shape index (κ1) is 15.6. The van der Waals surface area contributed by atoms with Gasteiger partial charge in [-0.3, -0.25) is 0 Å². The first-order chi connectivity index (χ1) is 10.1. The van der Waals surface area contributed by atoms with E-state index in [2.05, 4.69) is 21.2 Å². The van der Waals surface area contributed by atoms with E-state index in [1.54, 1.807) is 0 Å². The monoisotopic (exact) mass is 347 g/mol. The topological polar surface area (TPSA) is 38.3 Å². The molecule has 3 nitrogen and oxygen atoms in total. The molecule has 2 aromatic rings. The second-order valence-corrected chi connectivity index (χ2v) is 5.67. The van der Waals surface area contributed by atoms with Crippen LogP contribution < -0.4 is 5.32 Å². The van der Waals surface area contributed by atoms with Crippen LogP contribution in [0.2, 0.25) is 0 Å². The number of halogens is 1. The zero-order valence-corrected chi connectivity index (χ0v) is 13.7. The number of hydrogen-bond donors (Lipinski definition) is 1. The summed E-state index contributed by atoms with van der Waals surface area (Å²) in [5.41, 5.74) is 0.847. The van der Waals surface area contributed by atoms with Gasteiger partial charge in [0, 0.05) is 10.2 Å². The van der Waals surface area contributed by atoms with E-state index in [-0.39, 0.29) is 5.97 Å². The van der Waals surface area contributed by atoms with Crippen LogP contribution in [0.15, 0.2) is 59.1 Å². The van der Waals surface area contributed by atoms with Gasteiger partial charge in [0.05, 0.1) is 7.11 Å². The largest absolute Gasteiger partial charge is 0.467 e. The zero-order valence-electron chi connectivity index (χ0n) is 12.1. The summed E-state index contributed by atoms with van der Waals surface area (Å²) in [7, 11) is 1.41. The van der Waals surface area contributed by atoms with E-state index in [1.165, 1.54) is 7.11 Å². The fraction of sp³-hybridized carbons (Fsp3) is 0.235. The molecule has 0 saturated carbocycles. The predicted molar refractivity (Wildman–Crippen MR) is 88.2 cm³/mol. The molecule has 0 bridgehead atoms. The number of esters is 1.